The van der Waals surface area contributed by atoms with Crippen molar-refractivity contribution >= 4 is 5.96 Å². The third-order valence-electron chi connectivity index (χ3n) is 6.13. The number of aliphatic hydroxyl groups is 1. The second kappa shape index (κ2) is 8.97. The first-order valence-electron chi connectivity index (χ1n) is 10.7. The van der Waals surface area contributed by atoms with Gasteiger partial charge in [-0.2, -0.15) is 18.2 Å². The fourth-order valence-electron chi connectivity index (χ4n) is 4.41. The van der Waals surface area contributed by atoms with E-state index < -0.39 is 23.9 Å². The topological polar surface area (TPSA) is 123 Å². The molecule has 2 atom stereocenters. The maximum absolute atomic E-state index is 13.7. The number of nitrogens with two attached hydrogens (primary N) is 2. The van der Waals surface area contributed by atoms with E-state index in [9.17, 15) is 18.3 Å². The Bertz CT molecular complexity index is 981. The second-order valence-corrected chi connectivity index (χ2v) is 8.40. The molecule has 2 aliphatic rings. The maximum Gasteiger partial charge on any atom is 0.419 e. The molecule has 1 aromatic heterocycles. The summed E-state index contributed by atoms with van der Waals surface area (Å²) >= 11 is 0. The van der Waals surface area contributed by atoms with Gasteiger partial charge in [-0.15, -0.1) is 0 Å². The highest BCUT2D eigenvalue weighted by Gasteiger charge is 2.40. The highest BCUT2D eigenvalue weighted by atomic mass is 19.4. The van der Waals surface area contributed by atoms with Gasteiger partial charge < -0.3 is 14.4 Å². The van der Waals surface area contributed by atoms with Crippen LogP contribution in [0.4, 0.5) is 13.2 Å². The zero-order valence-corrected chi connectivity index (χ0v) is 17.5. The number of rotatable bonds is 5. The number of alkyl halides is 3. The standard InChI is InChI=1S/C21H26F3N5O3/c22-21(23,24)14-10-13(6-7-16(14)31-11-12-4-2-1-3-5-12)18-27-19(32-28-18)17-15(30)8-9-29(17)20(25)26/h6-7,10,12,15,17,30H,1-5,8-9,11H2,(H3,25,26)/p+1/t15-,17-/m0/s1. The van der Waals surface area contributed by atoms with Gasteiger partial charge in [0, 0.05) is 12.0 Å². The van der Waals surface area contributed by atoms with Crippen molar-refractivity contribution < 1.29 is 32.1 Å². The summed E-state index contributed by atoms with van der Waals surface area (Å²) in [6.07, 6.45) is 0.223. The zero-order chi connectivity index (χ0) is 22.9. The van der Waals surface area contributed by atoms with Crippen molar-refractivity contribution in [1.29, 1.82) is 0 Å². The molecule has 11 heteroatoms. The molecule has 2 heterocycles. The molecule has 5 N–H and O–H groups in total. The molecule has 2 aromatic rings. The van der Waals surface area contributed by atoms with E-state index in [1.54, 1.807) is 0 Å². The quantitative estimate of drug-likeness (QED) is 0.469. The summed E-state index contributed by atoms with van der Waals surface area (Å²) in [5.41, 5.74) is 10.5. The van der Waals surface area contributed by atoms with Crippen LogP contribution in [0.25, 0.3) is 11.4 Å². The minimum Gasteiger partial charge on any atom is -0.493 e. The number of hydrogen-bond acceptors (Lipinski definition) is 5. The third-order valence-corrected chi connectivity index (χ3v) is 6.13. The van der Waals surface area contributed by atoms with Crippen molar-refractivity contribution in [2.24, 2.45) is 17.4 Å². The highest BCUT2D eigenvalue weighted by molar-refractivity contribution is 5.70. The number of aliphatic hydroxyl groups excluding tert-OH is 1. The molecule has 1 saturated carbocycles. The molecule has 0 radical (unpaired) electrons. The summed E-state index contributed by atoms with van der Waals surface area (Å²) in [6, 6.07) is 2.96. The summed E-state index contributed by atoms with van der Waals surface area (Å²) in [7, 11) is 0. The molecule has 8 nitrogen and oxygen atoms in total. The van der Waals surface area contributed by atoms with E-state index in [1.807, 2.05) is 0 Å². The first-order valence-corrected chi connectivity index (χ1v) is 10.7. The smallest absolute Gasteiger partial charge is 0.419 e. The van der Waals surface area contributed by atoms with E-state index in [1.165, 1.54) is 16.7 Å². The molecule has 32 heavy (non-hydrogen) atoms. The van der Waals surface area contributed by atoms with Gasteiger partial charge in [0.1, 0.15) is 5.75 Å². The van der Waals surface area contributed by atoms with Gasteiger partial charge in [-0.05, 0) is 37.0 Å². The van der Waals surface area contributed by atoms with Crippen molar-refractivity contribution in [3.8, 4) is 17.1 Å². The lowest BCUT2D eigenvalue weighted by atomic mass is 9.90. The van der Waals surface area contributed by atoms with Gasteiger partial charge in [-0.25, -0.2) is 0 Å². The number of hydrogen-bond donors (Lipinski definition) is 3. The molecule has 0 amide bonds. The van der Waals surface area contributed by atoms with E-state index >= 15 is 0 Å². The molecule has 0 spiro atoms. The Hall–Kier alpha value is -2.82. The van der Waals surface area contributed by atoms with Crippen LogP contribution < -0.4 is 16.2 Å². The van der Waals surface area contributed by atoms with Gasteiger partial charge in [-0.3, -0.25) is 16.0 Å². The Kier molecular flexibility index (Phi) is 6.27. The van der Waals surface area contributed by atoms with Gasteiger partial charge in [0.05, 0.1) is 24.8 Å². The Labute approximate surface area is 183 Å². The molecule has 0 unspecified atom stereocenters. The summed E-state index contributed by atoms with van der Waals surface area (Å²) in [4.78, 5) is 4.21. The number of ether oxygens (including phenoxy) is 1. The number of nitrogens with zero attached hydrogens (tertiary/aromatic N) is 3. The first kappa shape index (κ1) is 22.4. The largest absolute Gasteiger partial charge is 0.493 e. The lowest BCUT2D eigenvalue weighted by Crippen LogP contribution is -2.37. The number of benzene rings is 1. The lowest BCUT2D eigenvalue weighted by molar-refractivity contribution is -0.560. The average Bonchev–Trinajstić information content (AvgIpc) is 3.39. The number of halogens is 3. The zero-order valence-electron chi connectivity index (χ0n) is 17.5. The predicted molar refractivity (Wildman–Crippen MR) is 109 cm³/mol. The molecule has 2 fully saturated rings. The number of aromatic nitrogens is 2. The van der Waals surface area contributed by atoms with E-state index in [2.05, 4.69) is 10.1 Å². The fraction of sp³-hybridized carbons (Fsp3) is 0.571. The fourth-order valence-corrected chi connectivity index (χ4v) is 4.41. The predicted octanol–water partition coefficient (Wildman–Crippen LogP) is 2.81. The van der Waals surface area contributed by atoms with Crippen LogP contribution in [-0.4, -0.2) is 45.0 Å². The van der Waals surface area contributed by atoms with Crippen LogP contribution in [0.1, 0.15) is 56.0 Å². The van der Waals surface area contributed by atoms with Gasteiger partial charge in [-0.1, -0.05) is 24.4 Å². The Morgan fingerprint density at radius 2 is 1.94 bits per heavy atom. The van der Waals surface area contributed by atoms with Crippen molar-refractivity contribution in [2.75, 3.05) is 13.2 Å². The molecular formula is C21H27F3N5O3+. The Morgan fingerprint density at radius 1 is 1.19 bits per heavy atom. The lowest BCUT2D eigenvalue weighted by Gasteiger charge is -2.23. The number of guanidine groups is 1. The normalized spacial score (nSPS) is 22.3. The van der Waals surface area contributed by atoms with Crippen LogP contribution in [0, 0.1) is 5.92 Å². The van der Waals surface area contributed by atoms with Crippen LogP contribution in [0.5, 0.6) is 5.75 Å². The maximum atomic E-state index is 13.7. The van der Waals surface area contributed by atoms with Gasteiger partial charge in [0.2, 0.25) is 5.82 Å². The molecule has 1 aromatic carbocycles. The Balaban J connectivity index is 1.58. The van der Waals surface area contributed by atoms with Crippen molar-refractivity contribution in [3.05, 3.63) is 29.7 Å². The summed E-state index contributed by atoms with van der Waals surface area (Å²) in [5.74, 6) is 0.0592. The molecule has 1 aliphatic heterocycles. The van der Waals surface area contributed by atoms with E-state index in [-0.39, 0.29) is 41.5 Å². The van der Waals surface area contributed by atoms with Gasteiger partial charge in [0.25, 0.3) is 5.89 Å². The first-order chi connectivity index (χ1) is 15.2. The SMILES string of the molecule is NC(N)=[N+]1CC[C@H](O)[C@H]1c1nc(-c2ccc(OCC3CCCCC3)c(C(F)(F)F)c2)no1. The minimum atomic E-state index is -4.61. The van der Waals surface area contributed by atoms with Crippen LogP contribution in [0.3, 0.4) is 0 Å². The molecular weight excluding hydrogens is 427 g/mol. The monoisotopic (exact) mass is 454 g/mol. The summed E-state index contributed by atoms with van der Waals surface area (Å²) in [6.45, 7) is 0.665. The van der Waals surface area contributed by atoms with Crippen molar-refractivity contribution in [2.45, 2.75) is 56.8 Å². The Morgan fingerprint density at radius 3 is 2.62 bits per heavy atom. The highest BCUT2D eigenvalue weighted by Crippen LogP contribution is 2.39. The van der Waals surface area contributed by atoms with Crippen molar-refractivity contribution in [3.63, 3.8) is 0 Å². The molecule has 0 bridgehead atoms. The van der Waals surface area contributed by atoms with Gasteiger partial charge >= 0.3 is 12.1 Å². The molecule has 174 valence electrons. The molecule has 4 rings (SSSR count). The second-order valence-electron chi connectivity index (χ2n) is 8.40. The molecule has 1 aliphatic carbocycles. The van der Waals surface area contributed by atoms with Crippen molar-refractivity contribution in [1.82, 2.24) is 10.1 Å². The van der Waals surface area contributed by atoms with Crippen LogP contribution >= 0.6 is 0 Å². The third kappa shape index (κ3) is 4.67. The van der Waals surface area contributed by atoms with E-state index in [0.29, 0.717) is 13.0 Å². The van der Waals surface area contributed by atoms with Crippen LogP contribution in [-0.2, 0) is 6.18 Å². The molecule has 1 saturated heterocycles. The van der Waals surface area contributed by atoms with Crippen LogP contribution in [0.2, 0.25) is 0 Å². The van der Waals surface area contributed by atoms with Gasteiger partial charge in [0.15, 0.2) is 6.04 Å². The van der Waals surface area contributed by atoms with Crippen LogP contribution in [0.15, 0.2) is 22.7 Å². The van der Waals surface area contributed by atoms with E-state index in [4.69, 9.17) is 20.7 Å². The summed E-state index contributed by atoms with van der Waals surface area (Å²) < 4.78 is 53.5. The average molecular weight is 454 g/mol. The van der Waals surface area contributed by atoms with E-state index in [0.717, 1.165) is 38.2 Å². The summed E-state index contributed by atoms with van der Waals surface area (Å²) in [5, 5.41) is 14.0. The minimum absolute atomic E-state index is 0.00914.